The topological polar surface area (TPSA) is 44.8 Å². The minimum Gasteiger partial charge on any atom is -0.495 e. The normalized spacial score (nSPS) is 15.0. The molecule has 0 aliphatic carbocycles. The lowest BCUT2D eigenvalue weighted by Gasteiger charge is -2.34. The van der Waals surface area contributed by atoms with Gasteiger partial charge in [0.05, 0.1) is 19.3 Å². The van der Waals surface area contributed by atoms with Gasteiger partial charge in [0, 0.05) is 32.7 Å². The summed E-state index contributed by atoms with van der Waals surface area (Å²) in [5.41, 5.74) is 3.21. The van der Waals surface area contributed by atoms with Crippen LogP contribution in [0.2, 0.25) is 0 Å². The average Bonchev–Trinajstić information content (AvgIpc) is 2.73. The van der Waals surface area contributed by atoms with Gasteiger partial charge in [0.25, 0.3) is 0 Å². The van der Waals surface area contributed by atoms with Crippen molar-refractivity contribution in [1.82, 2.24) is 9.80 Å². The van der Waals surface area contributed by atoms with E-state index in [-0.39, 0.29) is 12.5 Å². The highest BCUT2D eigenvalue weighted by Crippen LogP contribution is 2.24. The van der Waals surface area contributed by atoms with Gasteiger partial charge < -0.3 is 15.0 Å². The lowest BCUT2D eigenvalue weighted by Crippen LogP contribution is -2.50. The van der Waals surface area contributed by atoms with Crippen molar-refractivity contribution in [3.05, 3.63) is 65.7 Å². The maximum Gasteiger partial charge on any atom is 0.241 e. The highest BCUT2D eigenvalue weighted by molar-refractivity contribution is 5.81. The fraction of sp³-hybridized carbons (Fsp3) is 0.348. The van der Waals surface area contributed by atoms with Crippen molar-refractivity contribution in [2.45, 2.75) is 6.92 Å². The van der Waals surface area contributed by atoms with Gasteiger partial charge in [-0.3, -0.25) is 9.69 Å². The lowest BCUT2D eigenvalue weighted by atomic mass is 10.2. The number of carbonyl (C=O) groups excluding carboxylic acids is 1. The molecule has 0 unspecified atom stereocenters. The summed E-state index contributed by atoms with van der Waals surface area (Å²) in [4.78, 5) is 16.9. The number of ether oxygens (including phenoxy) is 1. The molecule has 2 aromatic rings. The van der Waals surface area contributed by atoms with Gasteiger partial charge in [-0.25, -0.2) is 0 Å². The number of benzene rings is 2. The maximum atomic E-state index is 12.6. The van der Waals surface area contributed by atoms with E-state index >= 15 is 0 Å². The van der Waals surface area contributed by atoms with Crippen LogP contribution in [0.5, 0.6) is 5.75 Å². The summed E-state index contributed by atoms with van der Waals surface area (Å²) in [5, 5.41) is 3.22. The number of nitrogens with one attached hydrogen (secondary N) is 1. The van der Waals surface area contributed by atoms with E-state index in [0.29, 0.717) is 0 Å². The van der Waals surface area contributed by atoms with Crippen LogP contribution >= 0.6 is 0 Å². The van der Waals surface area contributed by atoms with Crippen molar-refractivity contribution in [2.24, 2.45) is 0 Å². The third kappa shape index (κ3) is 5.60. The zero-order valence-corrected chi connectivity index (χ0v) is 16.7. The molecule has 1 fully saturated rings. The predicted molar refractivity (Wildman–Crippen MR) is 115 cm³/mol. The fourth-order valence-corrected chi connectivity index (χ4v) is 3.32. The molecular weight excluding hydrogens is 350 g/mol. The minimum atomic E-state index is 0.128. The molecule has 1 amide bonds. The standard InChI is InChI=1S/C23H29N3O2/c1-19-10-11-22(28-2)21(17-19)24-18-23(27)26-15-13-25(14-16-26)12-6-9-20-7-4-3-5-8-20/h3-11,17,24H,12-16,18H2,1-2H3/b9-6+. The number of rotatable bonds is 7. The zero-order chi connectivity index (χ0) is 19.8. The molecule has 2 aromatic carbocycles. The molecule has 5 heteroatoms. The van der Waals surface area contributed by atoms with Gasteiger partial charge in [-0.05, 0) is 30.2 Å². The molecule has 3 rings (SSSR count). The van der Waals surface area contributed by atoms with Gasteiger partial charge in [0.2, 0.25) is 5.91 Å². The second-order valence-corrected chi connectivity index (χ2v) is 7.05. The Kier molecular flexibility index (Phi) is 7.09. The molecule has 0 aromatic heterocycles. The fourth-order valence-electron chi connectivity index (χ4n) is 3.32. The smallest absolute Gasteiger partial charge is 0.241 e. The molecular formula is C23H29N3O2. The Hall–Kier alpha value is -2.79. The van der Waals surface area contributed by atoms with Gasteiger partial charge in [-0.1, -0.05) is 48.6 Å². The van der Waals surface area contributed by atoms with Crippen LogP contribution in [0.25, 0.3) is 6.08 Å². The highest BCUT2D eigenvalue weighted by atomic mass is 16.5. The molecule has 1 saturated heterocycles. The van der Waals surface area contributed by atoms with Crippen molar-refractivity contribution >= 4 is 17.7 Å². The first-order valence-corrected chi connectivity index (χ1v) is 9.76. The third-order valence-electron chi connectivity index (χ3n) is 4.98. The van der Waals surface area contributed by atoms with E-state index in [9.17, 15) is 4.79 Å². The molecule has 1 N–H and O–H groups in total. The highest BCUT2D eigenvalue weighted by Gasteiger charge is 2.20. The Morgan fingerprint density at radius 2 is 1.86 bits per heavy atom. The molecule has 0 saturated carbocycles. The largest absolute Gasteiger partial charge is 0.495 e. The number of nitrogens with zero attached hydrogens (tertiary/aromatic N) is 2. The Labute approximate surface area is 167 Å². The monoisotopic (exact) mass is 379 g/mol. The zero-order valence-electron chi connectivity index (χ0n) is 16.7. The van der Waals surface area contributed by atoms with Gasteiger partial charge in [-0.2, -0.15) is 0 Å². The summed E-state index contributed by atoms with van der Waals surface area (Å²) >= 11 is 0. The van der Waals surface area contributed by atoms with E-state index in [1.54, 1.807) is 7.11 Å². The molecule has 1 heterocycles. The Morgan fingerprint density at radius 3 is 2.57 bits per heavy atom. The van der Waals surface area contributed by atoms with E-state index in [1.807, 2.05) is 48.2 Å². The van der Waals surface area contributed by atoms with Crippen LogP contribution in [-0.4, -0.2) is 62.1 Å². The molecule has 1 aliphatic rings. The van der Waals surface area contributed by atoms with Gasteiger partial charge in [0.1, 0.15) is 5.75 Å². The number of hydrogen-bond donors (Lipinski definition) is 1. The number of hydrogen-bond acceptors (Lipinski definition) is 4. The van der Waals surface area contributed by atoms with E-state index in [1.165, 1.54) is 5.56 Å². The van der Waals surface area contributed by atoms with Crippen LogP contribution in [0.3, 0.4) is 0 Å². The quantitative estimate of drug-likeness (QED) is 0.802. The first kappa shape index (κ1) is 20.0. The Bertz CT molecular complexity index is 797. The summed E-state index contributed by atoms with van der Waals surface area (Å²) in [6.07, 6.45) is 4.34. The summed E-state index contributed by atoms with van der Waals surface area (Å²) in [6, 6.07) is 16.2. The summed E-state index contributed by atoms with van der Waals surface area (Å²) < 4.78 is 5.36. The molecule has 0 bridgehead atoms. The summed E-state index contributed by atoms with van der Waals surface area (Å²) in [5.74, 6) is 0.886. The van der Waals surface area contributed by atoms with Crippen LogP contribution in [0.1, 0.15) is 11.1 Å². The third-order valence-corrected chi connectivity index (χ3v) is 4.98. The number of piperazine rings is 1. The van der Waals surface area contributed by atoms with Crippen molar-refractivity contribution in [3.8, 4) is 5.75 Å². The van der Waals surface area contributed by atoms with Crippen LogP contribution in [-0.2, 0) is 4.79 Å². The van der Waals surface area contributed by atoms with Crippen LogP contribution < -0.4 is 10.1 Å². The second kappa shape index (κ2) is 9.95. The van der Waals surface area contributed by atoms with Crippen LogP contribution in [0, 0.1) is 6.92 Å². The average molecular weight is 380 g/mol. The van der Waals surface area contributed by atoms with E-state index in [4.69, 9.17) is 4.74 Å². The first-order valence-electron chi connectivity index (χ1n) is 9.76. The van der Waals surface area contributed by atoms with Crippen molar-refractivity contribution in [1.29, 1.82) is 0 Å². The first-order chi connectivity index (χ1) is 13.7. The molecule has 0 radical (unpaired) electrons. The maximum absolute atomic E-state index is 12.6. The second-order valence-electron chi connectivity index (χ2n) is 7.05. The molecule has 0 spiro atoms. The number of methoxy groups -OCH3 is 1. The van der Waals surface area contributed by atoms with E-state index in [0.717, 1.165) is 49.7 Å². The predicted octanol–water partition coefficient (Wildman–Crippen LogP) is 3.27. The van der Waals surface area contributed by atoms with Crippen LogP contribution in [0.4, 0.5) is 5.69 Å². The van der Waals surface area contributed by atoms with E-state index in [2.05, 4.69) is 34.5 Å². The van der Waals surface area contributed by atoms with Gasteiger partial charge >= 0.3 is 0 Å². The van der Waals surface area contributed by atoms with Gasteiger partial charge in [-0.15, -0.1) is 0 Å². The number of amides is 1. The van der Waals surface area contributed by atoms with E-state index < -0.39 is 0 Å². The molecule has 0 atom stereocenters. The van der Waals surface area contributed by atoms with Crippen LogP contribution in [0.15, 0.2) is 54.6 Å². The molecule has 28 heavy (non-hydrogen) atoms. The minimum absolute atomic E-state index is 0.128. The Morgan fingerprint density at radius 1 is 1.11 bits per heavy atom. The number of aryl methyl sites for hydroxylation is 1. The SMILES string of the molecule is COc1ccc(C)cc1NCC(=O)N1CCN(C/C=C/c2ccccc2)CC1. The Balaban J connectivity index is 1.42. The number of anilines is 1. The summed E-state index contributed by atoms with van der Waals surface area (Å²) in [7, 11) is 1.64. The summed E-state index contributed by atoms with van der Waals surface area (Å²) in [6.45, 7) is 6.56. The molecule has 5 nitrogen and oxygen atoms in total. The van der Waals surface area contributed by atoms with Crippen molar-refractivity contribution < 1.29 is 9.53 Å². The molecule has 1 aliphatic heterocycles. The van der Waals surface area contributed by atoms with Crippen molar-refractivity contribution in [2.75, 3.05) is 51.7 Å². The van der Waals surface area contributed by atoms with Gasteiger partial charge in [0.15, 0.2) is 0 Å². The van der Waals surface area contributed by atoms with Crippen molar-refractivity contribution in [3.63, 3.8) is 0 Å². The lowest BCUT2D eigenvalue weighted by molar-refractivity contribution is -0.130. The molecule has 148 valence electrons. The number of carbonyl (C=O) groups is 1.